The highest BCUT2D eigenvalue weighted by molar-refractivity contribution is 6.35. The summed E-state index contributed by atoms with van der Waals surface area (Å²) in [5, 5.41) is 9.90. The first-order chi connectivity index (χ1) is 16.7. The molecule has 0 unspecified atom stereocenters. The third kappa shape index (κ3) is 3.88. The van der Waals surface area contributed by atoms with Crippen LogP contribution in [0.5, 0.6) is 0 Å². The lowest BCUT2D eigenvalue weighted by Crippen LogP contribution is -2.53. The fourth-order valence-electron chi connectivity index (χ4n) is 5.20. The van der Waals surface area contributed by atoms with Gasteiger partial charge < -0.3 is 9.32 Å². The average Bonchev–Trinajstić information content (AvgIpc) is 3.46. The first kappa shape index (κ1) is 23.4. The SMILES string of the molecule is Cc1ccc(CN2C[C@@H](c3ccc(C#N)cc3)[C@]3(C2)C(=O)N(c2cc(Cl)cc(Cl)c2)C(=O)N3C)o1. The summed E-state index contributed by atoms with van der Waals surface area (Å²) in [4.78, 5) is 32.5. The van der Waals surface area contributed by atoms with Crippen LogP contribution in [0.15, 0.2) is 59.0 Å². The maximum absolute atomic E-state index is 14.2. The molecule has 9 heteroatoms. The summed E-state index contributed by atoms with van der Waals surface area (Å²) in [6.07, 6.45) is 0. The Labute approximate surface area is 213 Å². The molecule has 5 rings (SSSR count). The van der Waals surface area contributed by atoms with Gasteiger partial charge in [-0.3, -0.25) is 9.69 Å². The Morgan fingerprint density at radius 2 is 1.77 bits per heavy atom. The number of halogens is 2. The van der Waals surface area contributed by atoms with Crippen LogP contribution < -0.4 is 4.90 Å². The van der Waals surface area contributed by atoms with Crippen molar-refractivity contribution in [3.8, 4) is 6.07 Å². The third-order valence-corrected chi connectivity index (χ3v) is 7.29. The summed E-state index contributed by atoms with van der Waals surface area (Å²) in [5.74, 6) is 0.935. The molecule has 2 aliphatic rings. The number of nitriles is 1. The number of imide groups is 1. The Morgan fingerprint density at radius 3 is 2.37 bits per heavy atom. The molecule has 1 aromatic heterocycles. The van der Waals surface area contributed by atoms with Gasteiger partial charge in [0.2, 0.25) is 0 Å². The third-order valence-electron chi connectivity index (χ3n) is 6.86. The number of nitrogens with zero attached hydrogens (tertiary/aromatic N) is 4. The molecule has 3 aromatic rings. The summed E-state index contributed by atoms with van der Waals surface area (Å²) in [6.45, 7) is 3.23. The lowest BCUT2D eigenvalue weighted by Gasteiger charge is -2.34. The zero-order chi connectivity index (χ0) is 24.9. The molecule has 2 aromatic carbocycles. The highest BCUT2D eigenvalue weighted by Crippen LogP contribution is 2.47. The van der Waals surface area contributed by atoms with Crippen LogP contribution in [-0.4, -0.2) is 47.4 Å². The second-order valence-electron chi connectivity index (χ2n) is 9.00. The lowest BCUT2D eigenvalue weighted by atomic mass is 9.80. The monoisotopic (exact) mass is 508 g/mol. The van der Waals surface area contributed by atoms with E-state index in [1.54, 1.807) is 37.4 Å². The van der Waals surface area contributed by atoms with Gasteiger partial charge in [-0.25, -0.2) is 9.69 Å². The molecule has 0 radical (unpaired) electrons. The molecule has 3 heterocycles. The van der Waals surface area contributed by atoms with Crippen LogP contribution in [0.25, 0.3) is 0 Å². The quantitative estimate of drug-likeness (QED) is 0.452. The van der Waals surface area contributed by atoms with Crippen LogP contribution in [0.4, 0.5) is 10.5 Å². The summed E-state index contributed by atoms with van der Waals surface area (Å²) < 4.78 is 5.78. The Morgan fingerprint density at radius 1 is 1.09 bits per heavy atom. The van der Waals surface area contributed by atoms with Crippen LogP contribution >= 0.6 is 23.2 Å². The average molecular weight is 509 g/mol. The van der Waals surface area contributed by atoms with Crippen molar-refractivity contribution in [2.24, 2.45) is 0 Å². The Kier molecular flexibility index (Phi) is 5.84. The van der Waals surface area contributed by atoms with Crippen molar-refractivity contribution in [1.82, 2.24) is 9.80 Å². The molecule has 2 fully saturated rings. The molecule has 0 aliphatic carbocycles. The largest absolute Gasteiger partial charge is 0.465 e. The number of anilines is 1. The van der Waals surface area contributed by atoms with Gasteiger partial charge in [0.05, 0.1) is 23.9 Å². The van der Waals surface area contributed by atoms with Crippen LogP contribution in [0.1, 0.15) is 28.6 Å². The first-order valence-electron chi connectivity index (χ1n) is 11.1. The minimum atomic E-state index is -1.15. The van der Waals surface area contributed by atoms with Gasteiger partial charge in [0.15, 0.2) is 0 Å². The van der Waals surface area contributed by atoms with Gasteiger partial charge in [-0.05, 0) is 55.0 Å². The molecule has 3 amide bonds. The molecular formula is C26H22Cl2N4O3. The van der Waals surface area contributed by atoms with E-state index >= 15 is 0 Å². The topological polar surface area (TPSA) is 80.8 Å². The summed E-state index contributed by atoms with van der Waals surface area (Å²) in [6, 6.07) is 17.4. The smallest absolute Gasteiger partial charge is 0.332 e. The van der Waals surface area contributed by atoms with Crippen molar-refractivity contribution >= 4 is 40.8 Å². The second kappa shape index (κ2) is 8.72. The van der Waals surface area contributed by atoms with Gasteiger partial charge in [-0.15, -0.1) is 0 Å². The van der Waals surface area contributed by atoms with Crippen molar-refractivity contribution in [2.75, 3.05) is 25.0 Å². The van der Waals surface area contributed by atoms with E-state index in [9.17, 15) is 14.9 Å². The van der Waals surface area contributed by atoms with Crippen molar-refractivity contribution in [3.05, 3.63) is 87.3 Å². The number of hydrogen-bond acceptors (Lipinski definition) is 5. The number of rotatable bonds is 4. The van der Waals surface area contributed by atoms with E-state index in [0.29, 0.717) is 40.9 Å². The van der Waals surface area contributed by atoms with E-state index in [0.717, 1.165) is 22.0 Å². The zero-order valence-electron chi connectivity index (χ0n) is 19.2. The van der Waals surface area contributed by atoms with Crippen LogP contribution in [-0.2, 0) is 11.3 Å². The summed E-state index contributed by atoms with van der Waals surface area (Å²) >= 11 is 12.4. The van der Waals surface area contributed by atoms with Crippen molar-refractivity contribution in [3.63, 3.8) is 0 Å². The molecule has 2 aliphatic heterocycles. The summed E-state index contributed by atoms with van der Waals surface area (Å²) in [7, 11) is 1.66. The number of carbonyl (C=O) groups is 2. The number of carbonyl (C=O) groups excluding carboxylic acids is 2. The highest BCUT2D eigenvalue weighted by Gasteiger charge is 2.64. The van der Waals surface area contributed by atoms with Gasteiger partial charge in [0.25, 0.3) is 5.91 Å². The number of hydrogen-bond donors (Lipinski definition) is 0. The van der Waals surface area contributed by atoms with E-state index in [1.165, 1.54) is 4.90 Å². The van der Waals surface area contributed by atoms with Gasteiger partial charge in [-0.1, -0.05) is 35.3 Å². The van der Waals surface area contributed by atoms with E-state index in [2.05, 4.69) is 11.0 Å². The maximum Gasteiger partial charge on any atom is 0.332 e. The number of likely N-dealkylation sites (tertiary alicyclic amines) is 1. The van der Waals surface area contributed by atoms with E-state index in [1.807, 2.05) is 31.2 Å². The van der Waals surface area contributed by atoms with Gasteiger partial charge in [-0.2, -0.15) is 5.26 Å². The molecule has 2 saturated heterocycles. The number of likely N-dealkylation sites (N-methyl/N-ethyl adjacent to an activating group) is 1. The van der Waals surface area contributed by atoms with E-state index in [4.69, 9.17) is 27.6 Å². The zero-order valence-corrected chi connectivity index (χ0v) is 20.7. The van der Waals surface area contributed by atoms with Gasteiger partial charge >= 0.3 is 6.03 Å². The van der Waals surface area contributed by atoms with Crippen LogP contribution in [0, 0.1) is 18.3 Å². The number of urea groups is 1. The molecular weight excluding hydrogens is 487 g/mol. The summed E-state index contributed by atoms with van der Waals surface area (Å²) in [5.41, 5.74) is 0.587. The normalized spacial score (nSPS) is 22.4. The van der Waals surface area contributed by atoms with Crippen molar-refractivity contribution < 1.29 is 14.0 Å². The Balaban J connectivity index is 1.58. The minimum Gasteiger partial charge on any atom is -0.465 e. The number of amides is 3. The molecule has 7 nitrogen and oxygen atoms in total. The predicted molar refractivity (Wildman–Crippen MR) is 132 cm³/mol. The molecule has 0 bridgehead atoms. The molecule has 35 heavy (non-hydrogen) atoms. The standard InChI is InChI=1S/C26H22Cl2N4O3/c1-16-3-8-22(35-16)13-31-14-23(18-6-4-17(12-29)5-7-18)26(15-31)24(33)32(25(34)30(26)2)21-10-19(27)9-20(28)11-21/h3-11,23H,13-15H2,1-2H3/t23-,26+/m0/s1. The van der Waals surface area contributed by atoms with Crippen LogP contribution in [0.2, 0.25) is 10.0 Å². The fourth-order valence-corrected chi connectivity index (χ4v) is 5.72. The predicted octanol–water partition coefficient (Wildman–Crippen LogP) is 5.20. The number of benzene rings is 2. The van der Waals surface area contributed by atoms with Gasteiger partial charge in [0.1, 0.15) is 17.1 Å². The number of furan rings is 1. The van der Waals surface area contributed by atoms with Crippen LogP contribution in [0.3, 0.4) is 0 Å². The molecule has 0 N–H and O–H groups in total. The Bertz CT molecular complexity index is 1340. The fraction of sp³-hybridized carbons (Fsp3) is 0.269. The number of aryl methyl sites for hydroxylation is 1. The first-order valence-corrected chi connectivity index (χ1v) is 11.8. The van der Waals surface area contributed by atoms with E-state index < -0.39 is 11.6 Å². The van der Waals surface area contributed by atoms with Crippen molar-refractivity contribution in [1.29, 1.82) is 5.26 Å². The molecule has 178 valence electrons. The maximum atomic E-state index is 14.2. The van der Waals surface area contributed by atoms with E-state index in [-0.39, 0.29) is 11.8 Å². The van der Waals surface area contributed by atoms with Gasteiger partial charge in [0, 0.05) is 36.1 Å². The highest BCUT2D eigenvalue weighted by atomic mass is 35.5. The molecule has 1 spiro atoms. The minimum absolute atomic E-state index is 0.323. The van der Waals surface area contributed by atoms with Crippen molar-refractivity contribution in [2.45, 2.75) is 24.9 Å². The lowest BCUT2D eigenvalue weighted by molar-refractivity contribution is -0.124. The molecule has 2 atom stereocenters. The Hall–Kier alpha value is -3.31. The second-order valence-corrected chi connectivity index (χ2v) is 9.88. The molecule has 0 saturated carbocycles.